The zero-order valence-electron chi connectivity index (χ0n) is 23.2. The van der Waals surface area contributed by atoms with E-state index in [2.05, 4.69) is 20.9 Å². The Labute approximate surface area is 244 Å². The van der Waals surface area contributed by atoms with Crippen LogP contribution in [0.4, 0.5) is 26.4 Å². The SMILES string of the molecule is CCOc1ccc(F)c(C(Nc2ccc3c(N)nccc3c2)C(=O)NCc2cc(NC(=O)N(C)C)ccc2S(=O)O)c1. The Bertz CT molecular complexity index is 1650. The average Bonchev–Trinajstić information content (AvgIpc) is 2.96. The fourth-order valence-electron chi connectivity index (χ4n) is 4.23. The number of urea groups is 1. The smallest absolute Gasteiger partial charge is 0.321 e. The van der Waals surface area contributed by atoms with E-state index in [1.165, 1.54) is 41.3 Å². The summed E-state index contributed by atoms with van der Waals surface area (Å²) in [7, 11) is 3.14. The van der Waals surface area contributed by atoms with Gasteiger partial charge in [0.05, 0.1) is 11.5 Å². The maximum Gasteiger partial charge on any atom is 0.321 e. The molecule has 0 radical (unpaired) electrons. The molecule has 13 heteroatoms. The third kappa shape index (κ3) is 7.11. The van der Waals surface area contributed by atoms with Crippen molar-refractivity contribution in [3.05, 3.63) is 83.8 Å². The zero-order chi connectivity index (χ0) is 30.4. The summed E-state index contributed by atoms with van der Waals surface area (Å²) in [6.45, 7) is 1.95. The Morgan fingerprint density at radius 3 is 2.57 bits per heavy atom. The van der Waals surface area contributed by atoms with Gasteiger partial charge in [-0.1, -0.05) is 0 Å². The largest absolute Gasteiger partial charge is 0.494 e. The monoisotopic (exact) mass is 594 g/mol. The minimum atomic E-state index is -2.37. The van der Waals surface area contributed by atoms with Crippen LogP contribution in [0.1, 0.15) is 24.1 Å². The third-order valence-electron chi connectivity index (χ3n) is 6.32. The number of rotatable bonds is 10. The maximum atomic E-state index is 15.2. The molecule has 11 nitrogen and oxygen atoms in total. The van der Waals surface area contributed by atoms with E-state index in [4.69, 9.17) is 10.5 Å². The molecule has 0 aliphatic rings. The van der Waals surface area contributed by atoms with Crippen molar-refractivity contribution < 1.29 is 27.5 Å². The summed E-state index contributed by atoms with van der Waals surface area (Å²) >= 11 is -2.37. The lowest BCUT2D eigenvalue weighted by Gasteiger charge is -2.22. The molecule has 0 bridgehead atoms. The molecule has 42 heavy (non-hydrogen) atoms. The van der Waals surface area contributed by atoms with Gasteiger partial charge in [0, 0.05) is 49.2 Å². The van der Waals surface area contributed by atoms with E-state index in [9.17, 15) is 18.4 Å². The van der Waals surface area contributed by atoms with Crippen LogP contribution in [-0.4, -0.2) is 51.3 Å². The molecule has 4 rings (SSSR count). The van der Waals surface area contributed by atoms with Crippen molar-refractivity contribution in [2.75, 3.05) is 37.1 Å². The summed E-state index contributed by atoms with van der Waals surface area (Å²) in [5.74, 6) is -0.516. The molecule has 3 aromatic carbocycles. The Morgan fingerprint density at radius 1 is 1.10 bits per heavy atom. The van der Waals surface area contributed by atoms with Crippen molar-refractivity contribution in [2.45, 2.75) is 24.4 Å². The predicted molar refractivity (Wildman–Crippen MR) is 160 cm³/mol. The first-order chi connectivity index (χ1) is 20.1. The van der Waals surface area contributed by atoms with Gasteiger partial charge in [-0.3, -0.25) is 4.79 Å². The number of hydrogen-bond donors (Lipinski definition) is 5. The number of amides is 3. The van der Waals surface area contributed by atoms with Crippen molar-refractivity contribution in [3.8, 4) is 5.75 Å². The molecule has 220 valence electrons. The highest BCUT2D eigenvalue weighted by Gasteiger charge is 2.25. The van der Waals surface area contributed by atoms with Crippen molar-refractivity contribution in [2.24, 2.45) is 0 Å². The van der Waals surface area contributed by atoms with Crippen LogP contribution in [0, 0.1) is 5.82 Å². The van der Waals surface area contributed by atoms with E-state index >= 15 is 4.39 Å². The number of nitrogens with two attached hydrogens (primary N) is 1. The molecule has 4 aromatic rings. The second-order valence-corrected chi connectivity index (χ2v) is 10.4. The molecule has 0 spiro atoms. The molecule has 0 saturated carbocycles. The highest BCUT2D eigenvalue weighted by molar-refractivity contribution is 7.79. The number of nitrogens with zero attached hydrogens (tertiary/aromatic N) is 2. The molecule has 1 aromatic heterocycles. The summed E-state index contributed by atoms with van der Waals surface area (Å²) < 4.78 is 42.5. The van der Waals surface area contributed by atoms with Crippen LogP contribution in [0.3, 0.4) is 0 Å². The number of carbonyl (C=O) groups is 2. The molecule has 2 unspecified atom stereocenters. The minimum Gasteiger partial charge on any atom is -0.494 e. The predicted octanol–water partition coefficient (Wildman–Crippen LogP) is 4.50. The normalized spacial score (nSPS) is 12.3. The molecule has 1 heterocycles. The van der Waals surface area contributed by atoms with E-state index in [1.54, 1.807) is 51.5 Å². The van der Waals surface area contributed by atoms with E-state index in [1.807, 2.05) is 0 Å². The molecule has 0 saturated heterocycles. The first-order valence-electron chi connectivity index (χ1n) is 12.9. The van der Waals surface area contributed by atoms with Crippen LogP contribution < -0.4 is 26.4 Å². The van der Waals surface area contributed by atoms with Crippen LogP contribution >= 0.6 is 0 Å². The average molecular weight is 595 g/mol. The van der Waals surface area contributed by atoms with Crippen LogP contribution in [0.2, 0.25) is 0 Å². The van der Waals surface area contributed by atoms with Crippen LogP contribution in [-0.2, 0) is 22.4 Å². The van der Waals surface area contributed by atoms with E-state index in [0.29, 0.717) is 29.5 Å². The van der Waals surface area contributed by atoms with Gasteiger partial charge in [-0.15, -0.1) is 0 Å². The molecule has 0 aliphatic heterocycles. The summed E-state index contributed by atoms with van der Waals surface area (Å²) in [5, 5.41) is 9.99. The molecule has 0 aliphatic carbocycles. The number of halogens is 1. The van der Waals surface area contributed by atoms with E-state index in [-0.39, 0.29) is 22.6 Å². The molecular formula is C29H31FN6O5S. The van der Waals surface area contributed by atoms with Crippen molar-refractivity contribution in [3.63, 3.8) is 0 Å². The van der Waals surface area contributed by atoms with Gasteiger partial charge in [0.1, 0.15) is 23.4 Å². The number of anilines is 3. The van der Waals surface area contributed by atoms with Gasteiger partial charge >= 0.3 is 6.03 Å². The lowest BCUT2D eigenvalue weighted by Crippen LogP contribution is -2.34. The first-order valence-corrected chi connectivity index (χ1v) is 14.0. The Hall–Kier alpha value is -4.75. The number of fused-ring (bicyclic) bond motifs is 1. The fraction of sp³-hybridized carbons (Fsp3) is 0.207. The number of pyridine rings is 1. The summed E-state index contributed by atoms with van der Waals surface area (Å²) in [5.41, 5.74) is 7.17. The van der Waals surface area contributed by atoms with Crippen LogP contribution in [0.15, 0.2) is 71.8 Å². The number of ether oxygens (including phenoxy) is 1. The molecule has 3 amide bonds. The fourth-order valence-corrected chi connectivity index (χ4v) is 4.77. The molecular weight excluding hydrogens is 563 g/mol. The summed E-state index contributed by atoms with van der Waals surface area (Å²) in [4.78, 5) is 31.2. The maximum absolute atomic E-state index is 15.2. The number of benzene rings is 3. The van der Waals surface area contributed by atoms with Crippen molar-refractivity contribution in [1.82, 2.24) is 15.2 Å². The zero-order valence-corrected chi connectivity index (χ0v) is 24.0. The molecule has 2 atom stereocenters. The molecule has 6 N–H and O–H groups in total. The number of nitrogens with one attached hydrogen (secondary N) is 3. The van der Waals surface area contributed by atoms with Gasteiger partial charge in [0.25, 0.3) is 0 Å². The third-order valence-corrected chi connectivity index (χ3v) is 7.09. The minimum absolute atomic E-state index is 0.0331. The Balaban J connectivity index is 1.66. The highest BCUT2D eigenvalue weighted by atomic mass is 32.2. The number of aromatic nitrogens is 1. The molecule has 0 fully saturated rings. The first kappa shape index (κ1) is 30.2. The number of nitrogen functional groups attached to an aromatic ring is 1. The lowest BCUT2D eigenvalue weighted by atomic mass is 10.0. The Kier molecular flexibility index (Phi) is 9.55. The lowest BCUT2D eigenvalue weighted by molar-refractivity contribution is -0.122. The standard InChI is InChI=1S/C29H31FN6O5S/c1-4-41-21-7-9-24(30)23(15-21)26(34-19-5-8-22-17(13-19)11-12-32-27(22)31)28(37)33-16-18-14-20(35-29(38)36(2)3)6-10-25(18)42(39)40/h5-15,26,34H,4,16H2,1-3H3,(H2,31,32)(H,33,37)(H,35,38)(H,39,40). The van der Waals surface area contributed by atoms with Gasteiger partial charge in [-0.05, 0) is 78.5 Å². The topological polar surface area (TPSA) is 159 Å². The van der Waals surface area contributed by atoms with Gasteiger partial charge < -0.3 is 35.9 Å². The second-order valence-electron chi connectivity index (χ2n) is 9.44. The van der Waals surface area contributed by atoms with Crippen molar-refractivity contribution in [1.29, 1.82) is 0 Å². The van der Waals surface area contributed by atoms with E-state index in [0.717, 1.165) is 10.8 Å². The van der Waals surface area contributed by atoms with Crippen molar-refractivity contribution >= 4 is 51.0 Å². The quantitative estimate of drug-likeness (QED) is 0.168. The second kappa shape index (κ2) is 13.3. The van der Waals surface area contributed by atoms with Gasteiger partial charge in [-0.25, -0.2) is 18.4 Å². The number of carbonyl (C=O) groups excluding carboxylic acids is 2. The highest BCUT2D eigenvalue weighted by Crippen LogP contribution is 2.29. The van der Waals surface area contributed by atoms with Gasteiger partial charge in [0.15, 0.2) is 11.1 Å². The summed E-state index contributed by atoms with van der Waals surface area (Å²) in [6, 6.07) is 13.9. The van der Waals surface area contributed by atoms with Crippen LogP contribution in [0.5, 0.6) is 5.75 Å². The Morgan fingerprint density at radius 2 is 1.86 bits per heavy atom. The van der Waals surface area contributed by atoms with Gasteiger partial charge in [-0.2, -0.15) is 0 Å². The number of hydrogen-bond acceptors (Lipinski definition) is 7. The van der Waals surface area contributed by atoms with E-state index < -0.39 is 34.9 Å². The summed E-state index contributed by atoms with van der Waals surface area (Å²) in [6.07, 6.45) is 1.56. The van der Waals surface area contributed by atoms with Crippen LogP contribution in [0.25, 0.3) is 10.8 Å². The van der Waals surface area contributed by atoms with Gasteiger partial charge in [0.2, 0.25) is 5.91 Å².